The second-order valence-electron chi connectivity index (χ2n) is 6.02. The van der Waals surface area contributed by atoms with E-state index in [2.05, 4.69) is 45.1 Å². The fourth-order valence-corrected chi connectivity index (χ4v) is 3.66. The standard InChI is InChI=1S/C17H18N4O/c1-18-17(22)14-6-7-15(21-20-14)19-9-13-12-8-10-4-2-3-5-11(10)16(12)13/h2-7,12-13,16H,8-9H2,1H3,(H,18,22)(H,19,21). The number of carbonyl (C=O) groups is 1. The first kappa shape index (κ1) is 13.2. The van der Waals surface area contributed by atoms with Crippen LogP contribution in [0.5, 0.6) is 0 Å². The molecule has 5 nitrogen and oxygen atoms in total. The van der Waals surface area contributed by atoms with Crippen LogP contribution in [0.1, 0.15) is 27.5 Å². The Morgan fingerprint density at radius 1 is 1.23 bits per heavy atom. The van der Waals surface area contributed by atoms with Crippen LogP contribution in [0.25, 0.3) is 0 Å². The Morgan fingerprint density at radius 3 is 2.86 bits per heavy atom. The summed E-state index contributed by atoms with van der Waals surface area (Å²) in [6.07, 6.45) is 1.20. The molecule has 0 saturated heterocycles. The molecule has 4 rings (SSSR count). The maximum atomic E-state index is 11.4. The smallest absolute Gasteiger partial charge is 0.271 e. The van der Waals surface area contributed by atoms with Crippen LogP contribution in [0.15, 0.2) is 36.4 Å². The van der Waals surface area contributed by atoms with Crippen LogP contribution in [-0.2, 0) is 6.42 Å². The van der Waals surface area contributed by atoms with Gasteiger partial charge in [-0.2, -0.15) is 0 Å². The van der Waals surface area contributed by atoms with Gasteiger partial charge in [-0.15, -0.1) is 10.2 Å². The molecule has 2 aromatic rings. The third-order valence-corrected chi connectivity index (χ3v) is 4.84. The highest BCUT2D eigenvalue weighted by atomic mass is 16.1. The first-order valence-electron chi connectivity index (χ1n) is 7.65. The van der Waals surface area contributed by atoms with Crippen LogP contribution in [0, 0.1) is 11.8 Å². The van der Waals surface area contributed by atoms with Crippen molar-refractivity contribution in [3.63, 3.8) is 0 Å². The number of fused-ring (bicyclic) bond motifs is 3. The van der Waals surface area contributed by atoms with Crippen molar-refractivity contribution in [2.45, 2.75) is 12.3 Å². The molecule has 22 heavy (non-hydrogen) atoms. The van der Waals surface area contributed by atoms with Crippen molar-refractivity contribution < 1.29 is 4.79 Å². The van der Waals surface area contributed by atoms with Crippen LogP contribution in [0.3, 0.4) is 0 Å². The molecule has 1 fully saturated rings. The molecule has 1 saturated carbocycles. The van der Waals surface area contributed by atoms with Gasteiger partial charge in [0.05, 0.1) is 0 Å². The number of carbonyl (C=O) groups excluding carboxylic acids is 1. The minimum atomic E-state index is -0.215. The molecular formula is C17H18N4O. The maximum absolute atomic E-state index is 11.4. The second-order valence-corrected chi connectivity index (χ2v) is 6.02. The highest BCUT2D eigenvalue weighted by molar-refractivity contribution is 5.91. The highest BCUT2D eigenvalue weighted by Crippen LogP contribution is 2.61. The molecule has 1 amide bonds. The lowest BCUT2D eigenvalue weighted by Gasteiger charge is -2.09. The molecule has 3 atom stereocenters. The van der Waals surface area contributed by atoms with Crippen molar-refractivity contribution >= 4 is 11.7 Å². The Labute approximate surface area is 129 Å². The van der Waals surface area contributed by atoms with E-state index in [9.17, 15) is 4.79 Å². The van der Waals surface area contributed by atoms with Gasteiger partial charge in [-0.25, -0.2) is 0 Å². The Balaban J connectivity index is 1.36. The second kappa shape index (κ2) is 5.09. The summed E-state index contributed by atoms with van der Waals surface area (Å²) in [6.45, 7) is 0.914. The van der Waals surface area contributed by atoms with E-state index >= 15 is 0 Å². The lowest BCUT2D eigenvalue weighted by atomic mass is 10.0. The van der Waals surface area contributed by atoms with E-state index in [0.29, 0.717) is 17.5 Å². The molecular weight excluding hydrogens is 276 g/mol. The maximum Gasteiger partial charge on any atom is 0.271 e. The molecule has 0 radical (unpaired) electrons. The van der Waals surface area contributed by atoms with Crippen molar-refractivity contribution in [2.24, 2.45) is 11.8 Å². The summed E-state index contributed by atoms with van der Waals surface area (Å²) in [4.78, 5) is 11.4. The zero-order valence-corrected chi connectivity index (χ0v) is 12.4. The molecule has 2 N–H and O–H groups in total. The Morgan fingerprint density at radius 2 is 2.09 bits per heavy atom. The molecule has 0 aliphatic heterocycles. The lowest BCUT2D eigenvalue weighted by Crippen LogP contribution is -2.20. The van der Waals surface area contributed by atoms with Crippen LogP contribution in [-0.4, -0.2) is 29.7 Å². The highest BCUT2D eigenvalue weighted by Gasteiger charge is 2.54. The molecule has 5 heteroatoms. The first-order valence-corrected chi connectivity index (χ1v) is 7.65. The number of hydrogen-bond donors (Lipinski definition) is 2. The molecule has 1 aromatic heterocycles. The van der Waals surface area contributed by atoms with Crippen molar-refractivity contribution in [3.8, 4) is 0 Å². The summed E-state index contributed by atoms with van der Waals surface area (Å²) < 4.78 is 0. The van der Waals surface area contributed by atoms with Gasteiger partial charge >= 0.3 is 0 Å². The van der Waals surface area contributed by atoms with Gasteiger partial charge in [-0.3, -0.25) is 4.79 Å². The van der Waals surface area contributed by atoms with Gasteiger partial charge in [0, 0.05) is 13.6 Å². The van der Waals surface area contributed by atoms with Crippen LogP contribution in [0.4, 0.5) is 5.82 Å². The van der Waals surface area contributed by atoms with E-state index < -0.39 is 0 Å². The first-order chi connectivity index (χ1) is 10.8. The molecule has 112 valence electrons. The minimum absolute atomic E-state index is 0.215. The van der Waals surface area contributed by atoms with E-state index in [1.165, 1.54) is 17.5 Å². The van der Waals surface area contributed by atoms with Gasteiger partial charge in [0.1, 0.15) is 5.82 Å². The minimum Gasteiger partial charge on any atom is -0.368 e. The molecule has 1 aromatic carbocycles. The monoisotopic (exact) mass is 294 g/mol. The Hall–Kier alpha value is -2.43. The van der Waals surface area contributed by atoms with Gasteiger partial charge in [-0.05, 0) is 47.4 Å². The van der Waals surface area contributed by atoms with Gasteiger partial charge < -0.3 is 10.6 Å². The zero-order chi connectivity index (χ0) is 15.1. The topological polar surface area (TPSA) is 66.9 Å². The van der Waals surface area contributed by atoms with E-state index in [-0.39, 0.29) is 5.91 Å². The molecule has 3 unspecified atom stereocenters. The summed E-state index contributed by atoms with van der Waals surface area (Å²) in [5.41, 5.74) is 3.38. The predicted molar refractivity (Wildman–Crippen MR) is 83.8 cm³/mol. The van der Waals surface area contributed by atoms with Crippen LogP contribution < -0.4 is 10.6 Å². The third-order valence-electron chi connectivity index (χ3n) is 4.84. The fourth-order valence-electron chi connectivity index (χ4n) is 3.66. The number of rotatable bonds is 4. The fraction of sp³-hybridized carbons (Fsp3) is 0.353. The Bertz CT molecular complexity index is 713. The largest absolute Gasteiger partial charge is 0.368 e. The van der Waals surface area contributed by atoms with Crippen molar-refractivity contribution in [2.75, 3.05) is 18.9 Å². The van der Waals surface area contributed by atoms with Crippen LogP contribution >= 0.6 is 0 Å². The van der Waals surface area contributed by atoms with Crippen molar-refractivity contribution in [1.82, 2.24) is 15.5 Å². The van der Waals surface area contributed by atoms with Gasteiger partial charge in [0.2, 0.25) is 0 Å². The summed E-state index contributed by atoms with van der Waals surface area (Å²) in [5, 5.41) is 13.9. The van der Waals surface area contributed by atoms with E-state index in [1.807, 2.05) is 6.07 Å². The number of amides is 1. The van der Waals surface area contributed by atoms with E-state index in [4.69, 9.17) is 0 Å². The van der Waals surface area contributed by atoms with Crippen molar-refractivity contribution in [3.05, 3.63) is 53.2 Å². The molecule has 2 aliphatic carbocycles. The third kappa shape index (κ3) is 2.13. The predicted octanol–water partition coefficient (Wildman–Crippen LogP) is 1.83. The number of anilines is 1. The van der Waals surface area contributed by atoms with Gasteiger partial charge in [0.15, 0.2) is 5.69 Å². The number of benzene rings is 1. The van der Waals surface area contributed by atoms with E-state index in [0.717, 1.165) is 18.3 Å². The molecule has 1 heterocycles. The van der Waals surface area contributed by atoms with Crippen molar-refractivity contribution in [1.29, 1.82) is 0 Å². The average molecular weight is 294 g/mol. The summed E-state index contributed by atoms with van der Waals surface area (Å²) >= 11 is 0. The van der Waals surface area contributed by atoms with E-state index in [1.54, 1.807) is 13.1 Å². The SMILES string of the molecule is CNC(=O)c1ccc(NCC2C3Cc4ccccc4C23)nn1. The van der Waals surface area contributed by atoms with Gasteiger partial charge in [-0.1, -0.05) is 24.3 Å². The normalized spacial score (nSPS) is 24.3. The lowest BCUT2D eigenvalue weighted by molar-refractivity contribution is 0.0957. The molecule has 0 spiro atoms. The number of aromatic nitrogens is 2. The zero-order valence-electron chi connectivity index (χ0n) is 12.4. The molecule has 2 aliphatic rings. The number of nitrogens with zero attached hydrogens (tertiary/aromatic N) is 2. The molecule has 0 bridgehead atoms. The average Bonchev–Trinajstić information content (AvgIpc) is 3.11. The summed E-state index contributed by atoms with van der Waals surface area (Å²) in [7, 11) is 1.58. The summed E-state index contributed by atoms with van der Waals surface area (Å²) in [5.74, 6) is 2.69. The quantitative estimate of drug-likeness (QED) is 0.903. The summed E-state index contributed by atoms with van der Waals surface area (Å²) in [6, 6.07) is 12.3. The Kier molecular flexibility index (Phi) is 3.06. The van der Waals surface area contributed by atoms with Crippen LogP contribution in [0.2, 0.25) is 0 Å². The number of hydrogen-bond acceptors (Lipinski definition) is 4. The number of nitrogens with one attached hydrogen (secondary N) is 2. The van der Waals surface area contributed by atoms with Gasteiger partial charge in [0.25, 0.3) is 5.91 Å².